The van der Waals surface area contributed by atoms with Crippen molar-refractivity contribution in [1.29, 1.82) is 0 Å². The molecule has 0 aliphatic heterocycles. The second-order valence-corrected chi connectivity index (χ2v) is 7.03. The molecule has 4 nitrogen and oxygen atoms in total. The van der Waals surface area contributed by atoms with Gasteiger partial charge in [-0.05, 0) is 45.6 Å². The number of ether oxygens (including phenoxy) is 1. The average Bonchev–Trinajstić information content (AvgIpc) is 3.23. The summed E-state index contributed by atoms with van der Waals surface area (Å²) < 4.78 is 5.27. The van der Waals surface area contributed by atoms with E-state index in [4.69, 9.17) is 4.74 Å². The zero-order valence-corrected chi connectivity index (χ0v) is 14.6. The Bertz CT molecular complexity index is 419. The van der Waals surface area contributed by atoms with E-state index in [-0.39, 0.29) is 0 Å². The highest BCUT2D eigenvalue weighted by molar-refractivity contribution is 7.15. The van der Waals surface area contributed by atoms with Gasteiger partial charge in [0.05, 0.1) is 6.61 Å². The van der Waals surface area contributed by atoms with Gasteiger partial charge in [-0.25, -0.2) is 4.98 Å². The van der Waals surface area contributed by atoms with Gasteiger partial charge in [0.2, 0.25) is 0 Å². The Balaban J connectivity index is 2.03. The zero-order valence-electron chi connectivity index (χ0n) is 13.8. The van der Waals surface area contributed by atoms with E-state index in [0.717, 1.165) is 37.2 Å². The summed E-state index contributed by atoms with van der Waals surface area (Å²) in [6, 6.07) is 0.953. The minimum absolute atomic E-state index is 0.386. The number of nitrogens with one attached hydrogen (secondary N) is 1. The molecule has 0 saturated heterocycles. The fourth-order valence-electron chi connectivity index (χ4n) is 2.57. The number of anilines is 1. The highest BCUT2D eigenvalue weighted by Gasteiger charge is 2.33. The first-order chi connectivity index (χ1) is 10.2. The van der Waals surface area contributed by atoms with Crippen molar-refractivity contribution in [2.75, 3.05) is 31.7 Å². The number of nitrogens with zero attached hydrogens (tertiary/aromatic N) is 2. The van der Waals surface area contributed by atoms with Gasteiger partial charge in [0.15, 0.2) is 5.13 Å². The first-order valence-corrected chi connectivity index (χ1v) is 8.93. The lowest BCUT2D eigenvalue weighted by Gasteiger charge is -2.28. The Morgan fingerprint density at radius 1 is 1.48 bits per heavy atom. The van der Waals surface area contributed by atoms with Crippen molar-refractivity contribution in [3.8, 4) is 0 Å². The van der Waals surface area contributed by atoms with Crippen molar-refractivity contribution in [2.24, 2.45) is 5.92 Å². The fourth-order valence-corrected chi connectivity index (χ4v) is 3.62. The molecule has 2 atom stereocenters. The van der Waals surface area contributed by atoms with Gasteiger partial charge < -0.3 is 15.0 Å². The van der Waals surface area contributed by atoms with Crippen LogP contribution in [0, 0.1) is 5.92 Å². The number of hydrogen-bond acceptors (Lipinski definition) is 5. The highest BCUT2D eigenvalue weighted by atomic mass is 32.1. The lowest BCUT2D eigenvalue weighted by Crippen LogP contribution is -2.37. The van der Waals surface area contributed by atoms with E-state index in [1.54, 1.807) is 7.11 Å². The SMILES string of the molecule is CCCNC(C)c1cnc(N(CCOC)C(C)C2CC2)s1. The van der Waals surface area contributed by atoms with E-state index in [0.29, 0.717) is 12.1 Å². The second kappa shape index (κ2) is 8.11. The van der Waals surface area contributed by atoms with Gasteiger partial charge in [0.1, 0.15) is 0 Å². The molecule has 5 heteroatoms. The van der Waals surface area contributed by atoms with Crippen LogP contribution in [-0.4, -0.2) is 37.8 Å². The Morgan fingerprint density at radius 3 is 2.86 bits per heavy atom. The molecule has 0 spiro atoms. The zero-order chi connectivity index (χ0) is 15.2. The maximum absolute atomic E-state index is 5.27. The van der Waals surface area contributed by atoms with E-state index in [1.807, 2.05) is 17.5 Å². The number of methoxy groups -OCH3 is 1. The standard InChI is InChI=1S/C16H29N3OS/c1-5-8-17-12(2)15-11-18-16(21-15)19(9-10-20-4)13(3)14-6-7-14/h11-14,17H,5-10H2,1-4H3. The third-order valence-electron chi connectivity index (χ3n) is 4.22. The monoisotopic (exact) mass is 311 g/mol. The maximum Gasteiger partial charge on any atom is 0.185 e. The molecule has 1 fully saturated rings. The van der Waals surface area contributed by atoms with Crippen LogP contribution in [0.2, 0.25) is 0 Å². The van der Waals surface area contributed by atoms with Crippen molar-refractivity contribution in [3.63, 3.8) is 0 Å². The summed E-state index contributed by atoms with van der Waals surface area (Å²) in [5, 5.41) is 4.68. The van der Waals surface area contributed by atoms with Crippen LogP contribution in [0.25, 0.3) is 0 Å². The van der Waals surface area contributed by atoms with E-state index in [2.05, 4.69) is 36.0 Å². The van der Waals surface area contributed by atoms with Crippen molar-refractivity contribution < 1.29 is 4.74 Å². The summed E-state index contributed by atoms with van der Waals surface area (Å²) in [7, 11) is 1.77. The van der Waals surface area contributed by atoms with Gasteiger partial charge in [0.25, 0.3) is 0 Å². The topological polar surface area (TPSA) is 37.4 Å². The lowest BCUT2D eigenvalue weighted by molar-refractivity contribution is 0.202. The number of hydrogen-bond donors (Lipinski definition) is 1. The number of thiazole rings is 1. The molecule has 2 rings (SSSR count). The van der Waals surface area contributed by atoms with Crippen molar-refractivity contribution in [1.82, 2.24) is 10.3 Å². The molecule has 0 amide bonds. The Morgan fingerprint density at radius 2 is 2.24 bits per heavy atom. The maximum atomic E-state index is 5.27. The van der Waals surface area contributed by atoms with Crippen LogP contribution < -0.4 is 10.2 Å². The first-order valence-electron chi connectivity index (χ1n) is 8.12. The molecule has 120 valence electrons. The van der Waals surface area contributed by atoms with Crippen LogP contribution in [-0.2, 0) is 4.74 Å². The molecule has 1 N–H and O–H groups in total. The summed E-state index contributed by atoms with van der Waals surface area (Å²) in [5.74, 6) is 0.838. The number of aromatic nitrogens is 1. The van der Waals surface area contributed by atoms with Crippen molar-refractivity contribution >= 4 is 16.5 Å². The number of rotatable bonds is 10. The third-order valence-corrected chi connectivity index (χ3v) is 5.43. The Hall–Kier alpha value is -0.650. The average molecular weight is 311 g/mol. The molecule has 0 bridgehead atoms. The third kappa shape index (κ3) is 4.66. The molecule has 21 heavy (non-hydrogen) atoms. The molecule has 0 aromatic carbocycles. The van der Waals surface area contributed by atoms with Gasteiger partial charge in [-0.2, -0.15) is 0 Å². The van der Waals surface area contributed by atoms with Gasteiger partial charge in [-0.3, -0.25) is 0 Å². The summed E-state index contributed by atoms with van der Waals surface area (Å²) in [4.78, 5) is 8.43. The second-order valence-electron chi connectivity index (χ2n) is 5.99. The lowest BCUT2D eigenvalue weighted by atomic mass is 10.2. The van der Waals surface area contributed by atoms with Crippen LogP contribution in [0.3, 0.4) is 0 Å². The van der Waals surface area contributed by atoms with Crippen LogP contribution in [0.5, 0.6) is 0 Å². The molecule has 1 aliphatic rings. The molecule has 1 saturated carbocycles. The molecular formula is C16H29N3OS. The minimum atomic E-state index is 0.386. The predicted octanol–water partition coefficient (Wildman–Crippen LogP) is 3.46. The smallest absolute Gasteiger partial charge is 0.185 e. The van der Waals surface area contributed by atoms with Gasteiger partial charge in [-0.1, -0.05) is 6.92 Å². The quantitative estimate of drug-likeness (QED) is 0.718. The Labute approximate surface area is 132 Å². The van der Waals surface area contributed by atoms with E-state index in [9.17, 15) is 0 Å². The molecular weight excluding hydrogens is 282 g/mol. The summed E-state index contributed by atoms with van der Waals surface area (Å²) in [5.41, 5.74) is 0. The van der Waals surface area contributed by atoms with Crippen LogP contribution in [0.1, 0.15) is 51.0 Å². The van der Waals surface area contributed by atoms with Crippen molar-refractivity contribution in [2.45, 2.75) is 52.1 Å². The predicted molar refractivity (Wildman–Crippen MR) is 90.2 cm³/mol. The molecule has 2 unspecified atom stereocenters. The van der Waals surface area contributed by atoms with E-state index in [1.165, 1.54) is 17.7 Å². The van der Waals surface area contributed by atoms with Crippen LogP contribution in [0.4, 0.5) is 5.13 Å². The van der Waals surface area contributed by atoms with Crippen LogP contribution in [0.15, 0.2) is 6.20 Å². The fraction of sp³-hybridized carbons (Fsp3) is 0.812. The van der Waals surface area contributed by atoms with Gasteiger partial charge >= 0.3 is 0 Å². The Kier molecular flexibility index (Phi) is 6.45. The molecule has 0 radical (unpaired) electrons. The van der Waals surface area contributed by atoms with Crippen LogP contribution >= 0.6 is 11.3 Å². The first kappa shape index (κ1) is 16.7. The molecule has 1 aliphatic carbocycles. The summed E-state index contributed by atoms with van der Waals surface area (Å²) >= 11 is 1.82. The summed E-state index contributed by atoms with van der Waals surface area (Å²) in [6.45, 7) is 9.49. The van der Waals surface area contributed by atoms with Gasteiger partial charge in [-0.15, -0.1) is 11.3 Å². The summed E-state index contributed by atoms with van der Waals surface area (Å²) in [6.07, 6.45) is 5.91. The highest BCUT2D eigenvalue weighted by Crippen LogP contribution is 2.38. The molecule has 1 aromatic heterocycles. The molecule has 1 heterocycles. The molecule has 1 aromatic rings. The van der Waals surface area contributed by atoms with E-state index < -0.39 is 0 Å². The normalized spacial score (nSPS) is 17.7. The van der Waals surface area contributed by atoms with E-state index >= 15 is 0 Å². The van der Waals surface area contributed by atoms with Crippen molar-refractivity contribution in [3.05, 3.63) is 11.1 Å². The minimum Gasteiger partial charge on any atom is -0.383 e. The largest absolute Gasteiger partial charge is 0.383 e. The van der Waals surface area contributed by atoms with Gasteiger partial charge in [0, 0.05) is 36.8 Å².